The predicted octanol–water partition coefficient (Wildman–Crippen LogP) is 4.10. The van der Waals surface area contributed by atoms with E-state index in [1.165, 1.54) is 17.7 Å². The van der Waals surface area contributed by atoms with Crippen molar-refractivity contribution in [2.75, 3.05) is 18.0 Å². The number of benzene rings is 1. The normalized spacial score (nSPS) is 20.7. The van der Waals surface area contributed by atoms with Crippen LogP contribution in [0.4, 0.5) is 5.69 Å². The number of hydrogen-bond donors (Lipinski definition) is 1. The van der Waals surface area contributed by atoms with E-state index in [-0.39, 0.29) is 6.04 Å². The van der Waals surface area contributed by atoms with Crippen LogP contribution in [0.3, 0.4) is 0 Å². The van der Waals surface area contributed by atoms with Crippen LogP contribution in [-0.4, -0.2) is 19.1 Å². The molecular formula is C17H27ClN2. The lowest BCUT2D eigenvalue weighted by molar-refractivity contribution is 0.422. The van der Waals surface area contributed by atoms with E-state index in [0.29, 0.717) is 0 Å². The van der Waals surface area contributed by atoms with E-state index in [1.807, 2.05) is 6.07 Å². The molecule has 0 spiro atoms. The molecule has 2 N–H and O–H groups in total. The molecule has 0 radical (unpaired) electrons. The molecule has 3 heteroatoms. The smallest absolute Gasteiger partial charge is 0.0410 e. The summed E-state index contributed by atoms with van der Waals surface area (Å²) in [6.45, 7) is 9.10. The zero-order valence-electron chi connectivity index (χ0n) is 12.9. The van der Waals surface area contributed by atoms with Gasteiger partial charge in [-0.1, -0.05) is 32.4 Å². The SMILES string of the molecule is CCC(N)Cc1cc(Cl)ccc1N1CCC(C(C)C)C1. The molecule has 1 aromatic rings. The van der Waals surface area contributed by atoms with Crippen LogP contribution in [0.2, 0.25) is 5.02 Å². The van der Waals surface area contributed by atoms with E-state index in [1.54, 1.807) is 0 Å². The maximum Gasteiger partial charge on any atom is 0.0410 e. The largest absolute Gasteiger partial charge is 0.371 e. The van der Waals surface area contributed by atoms with E-state index >= 15 is 0 Å². The van der Waals surface area contributed by atoms with E-state index in [9.17, 15) is 0 Å². The van der Waals surface area contributed by atoms with Gasteiger partial charge in [-0.25, -0.2) is 0 Å². The Hall–Kier alpha value is -0.730. The van der Waals surface area contributed by atoms with Gasteiger partial charge in [-0.15, -0.1) is 0 Å². The van der Waals surface area contributed by atoms with Crippen LogP contribution in [0.1, 0.15) is 39.2 Å². The van der Waals surface area contributed by atoms with Crippen LogP contribution >= 0.6 is 11.6 Å². The molecule has 1 fully saturated rings. The van der Waals surface area contributed by atoms with Gasteiger partial charge < -0.3 is 10.6 Å². The van der Waals surface area contributed by atoms with Gasteiger partial charge in [0.25, 0.3) is 0 Å². The van der Waals surface area contributed by atoms with Crippen LogP contribution in [-0.2, 0) is 6.42 Å². The van der Waals surface area contributed by atoms with Crippen molar-refractivity contribution in [2.45, 2.75) is 46.1 Å². The molecule has 1 aliphatic heterocycles. The van der Waals surface area contributed by atoms with Crippen LogP contribution in [0.5, 0.6) is 0 Å². The van der Waals surface area contributed by atoms with Crippen molar-refractivity contribution in [1.29, 1.82) is 0 Å². The fraction of sp³-hybridized carbons (Fsp3) is 0.647. The first-order valence-corrected chi connectivity index (χ1v) is 8.18. The Bertz CT molecular complexity index is 445. The average molecular weight is 295 g/mol. The number of hydrogen-bond acceptors (Lipinski definition) is 2. The highest BCUT2D eigenvalue weighted by Crippen LogP contribution is 2.32. The lowest BCUT2D eigenvalue weighted by atomic mass is 9.95. The van der Waals surface area contributed by atoms with E-state index in [0.717, 1.165) is 42.8 Å². The Kier molecular flexibility index (Phi) is 5.34. The van der Waals surface area contributed by atoms with Crippen LogP contribution in [0, 0.1) is 11.8 Å². The molecule has 1 aliphatic rings. The van der Waals surface area contributed by atoms with Crippen molar-refractivity contribution in [3.05, 3.63) is 28.8 Å². The van der Waals surface area contributed by atoms with E-state index in [4.69, 9.17) is 17.3 Å². The first kappa shape index (κ1) is 15.7. The Labute approximate surface area is 128 Å². The number of rotatable bonds is 5. The fourth-order valence-corrected chi connectivity index (χ4v) is 3.20. The highest BCUT2D eigenvalue weighted by Gasteiger charge is 2.26. The summed E-state index contributed by atoms with van der Waals surface area (Å²) in [5.74, 6) is 1.56. The Morgan fingerprint density at radius 3 is 2.75 bits per heavy atom. The molecule has 0 saturated carbocycles. The maximum atomic E-state index is 6.17. The van der Waals surface area contributed by atoms with Crippen molar-refractivity contribution in [3.8, 4) is 0 Å². The monoisotopic (exact) mass is 294 g/mol. The lowest BCUT2D eigenvalue weighted by Crippen LogP contribution is -2.26. The third-order valence-electron chi connectivity index (χ3n) is 4.56. The summed E-state index contributed by atoms with van der Waals surface area (Å²) in [5, 5.41) is 0.812. The molecule has 1 saturated heterocycles. The van der Waals surface area contributed by atoms with Crippen LogP contribution in [0.25, 0.3) is 0 Å². The summed E-state index contributed by atoms with van der Waals surface area (Å²) in [6, 6.07) is 6.48. The highest BCUT2D eigenvalue weighted by atomic mass is 35.5. The molecule has 2 rings (SSSR count). The topological polar surface area (TPSA) is 29.3 Å². The summed E-state index contributed by atoms with van der Waals surface area (Å²) >= 11 is 6.17. The fourth-order valence-electron chi connectivity index (χ4n) is 3.00. The van der Waals surface area contributed by atoms with Gasteiger partial charge in [0.05, 0.1) is 0 Å². The van der Waals surface area contributed by atoms with Gasteiger partial charge in [-0.05, 0) is 54.9 Å². The second-order valence-electron chi connectivity index (χ2n) is 6.38. The number of halogens is 1. The minimum Gasteiger partial charge on any atom is -0.371 e. The predicted molar refractivity (Wildman–Crippen MR) is 88.6 cm³/mol. The molecule has 112 valence electrons. The first-order valence-electron chi connectivity index (χ1n) is 7.80. The van der Waals surface area contributed by atoms with Crippen molar-refractivity contribution in [3.63, 3.8) is 0 Å². The molecule has 0 amide bonds. The van der Waals surface area contributed by atoms with Gasteiger partial charge in [0.1, 0.15) is 0 Å². The molecule has 1 aromatic carbocycles. The summed E-state index contributed by atoms with van der Waals surface area (Å²) in [5.41, 5.74) is 8.77. The van der Waals surface area contributed by atoms with Gasteiger partial charge in [-0.2, -0.15) is 0 Å². The van der Waals surface area contributed by atoms with Crippen LogP contribution < -0.4 is 10.6 Å². The number of nitrogens with two attached hydrogens (primary N) is 1. The molecule has 1 heterocycles. The second-order valence-corrected chi connectivity index (χ2v) is 6.82. The zero-order valence-corrected chi connectivity index (χ0v) is 13.7. The Morgan fingerprint density at radius 2 is 2.15 bits per heavy atom. The Balaban J connectivity index is 2.19. The average Bonchev–Trinajstić information content (AvgIpc) is 2.88. The third-order valence-corrected chi connectivity index (χ3v) is 4.79. The van der Waals surface area contributed by atoms with Crippen LogP contribution in [0.15, 0.2) is 18.2 Å². The van der Waals surface area contributed by atoms with Crippen molar-refractivity contribution < 1.29 is 0 Å². The van der Waals surface area contributed by atoms with Gasteiger partial charge in [0, 0.05) is 29.8 Å². The van der Waals surface area contributed by atoms with Gasteiger partial charge in [0.15, 0.2) is 0 Å². The summed E-state index contributed by atoms with van der Waals surface area (Å²) in [4.78, 5) is 2.51. The zero-order chi connectivity index (χ0) is 14.7. The molecule has 0 bridgehead atoms. The van der Waals surface area contributed by atoms with E-state index in [2.05, 4.69) is 37.8 Å². The molecule has 2 unspecified atom stereocenters. The third kappa shape index (κ3) is 3.67. The molecule has 0 aliphatic carbocycles. The first-order chi connectivity index (χ1) is 9.51. The lowest BCUT2D eigenvalue weighted by Gasteiger charge is -2.24. The summed E-state index contributed by atoms with van der Waals surface area (Å²) in [7, 11) is 0. The summed E-state index contributed by atoms with van der Waals surface area (Å²) in [6.07, 6.45) is 3.20. The summed E-state index contributed by atoms with van der Waals surface area (Å²) < 4.78 is 0. The molecule has 2 nitrogen and oxygen atoms in total. The van der Waals surface area contributed by atoms with Crippen molar-refractivity contribution in [1.82, 2.24) is 0 Å². The minimum absolute atomic E-state index is 0.218. The minimum atomic E-state index is 0.218. The Morgan fingerprint density at radius 1 is 1.40 bits per heavy atom. The molecule has 20 heavy (non-hydrogen) atoms. The molecule has 0 aromatic heterocycles. The number of anilines is 1. The second kappa shape index (κ2) is 6.82. The van der Waals surface area contributed by atoms with Crippen molar-refractivity contribution in [2.24, 2.45) is 17.6 Å². The van der Waals surface area contributed by atoms with Gasteiger partial charge >= 0.3 is 0 Å². The molecule has 2 atom stereocenters. The maximum absolute atomic E-state index is 6.17. The highest BCUT2D eigenvalue weighted by molar-refractivity contribution is 6.30. The van der Waals surface area contributed by atoms with Gasteiger partial charge in [-0.3, -0.25) is 0 Å². The van der Waals surface area contributed by atoms with Crippen molar-refractivity contribution >= 4 is 17.3 Å². The number of nitrogens with zero attached hydrogens (tertiary/aromatic N) is 1. The quantitative estimate of drug-likeness (QED) is 0.886. The van der Waals surface area contributed by atoms with E-state index < -0.39 is 0 Å². The van der Waals surface area contributed by atoms with Gasteiger partial charge in [0.2, 0.25) is 0 Å². The standard InChI is InChI=1S/C17H27ClN2/c1-4-16(19)10-14-9-15(18)5-6-17(14)20-8-7-13(11-20)12(2)3/h5-6,9,12-13,16H,4,7-8,10-11,19H2,1-3H3. The molecular weight excluding hydrogens is 268 g/mol.